The van der Waals surface area contributed by atoms with E-state index in [9.17, 15) is 4.79 Å². The van der Waals surface area contributed by atoms with E-state index in [1.807, 2.05) is 18.3 Å². The molecule has 2 N–H and O–H groups in total. The summed E-state index contributed by atoms with van der Waals surface area (Å²) in [6.45, 7) is 2.98. The minimum Gasteiger partial charge on any atom is -0.379 e. The molecule has 0 aliphatic carbocycles. The molecule has 138 valence electrons. The van der Waals surface area contributed by atoms with Crippen LogP contribution in [0.2, 0.25) is 0 Å². The van der Waals surface area contributed by atoms with E-state index in [0.29, 0.717) is 24.8 Å². The second-order valence-electron chi connectivity index (χ2n) is 6.58. The van der Waals surface area contributed by atoms with Crippen molar-refractivity contribution in [2.24, 2.45) is 0 Å². The van der Waals surface area contributed by atoms with Crippen molar-refractivity contribution in [3.8, 4) is 17.5 Å². The highest BCUT2D eigenvalue weighted by atomic mass is 16.5. The average molecular weight is 365 g/mol. The number of amides is 1. The van der Waals surface area contributed by atoms with Gasteiger partial charge in [0.25, 0.3) is 0 Å². The van der Waals surface area contributed by atoms with Crippen LogP contribution in [0, 0.1) is 18.3 Å². The lowest BCUT2D eigenvalue weighted by Crippen LogP contribution is -2.45. The number of fused-ring (bicyclic) bond motifs is 1. The Morgan fingerprint density at radius 3 is 3.22 bits per heavy atom. The van der Waals surface area contributed by atoms with Gasteiger partial charge in [0.15, 0.2) is 0 Å². The Bertz CT molecular complexity index is 1020. The fourth-order valence-corrected chi connectivity index (χ4v) is 3.45. The smallest absolute Gasteiger partial charge is 0.236 e. The van der Waals surface area contributed by atoms with Crippen molar-refractivity contribution in [1.29, 1.82) is 5.26 Å². The molecule has 4 heterocycles. The van der Waals surface area contributed by atoms with E-state index in [0.717, 1.165) is 35.1 Å². The van der Waals surface area contributed by atoms with Crippen LogP contribution < -0.4 is 5.32 Å². The van der Waals surface area contributed by atoms with Crippen LogP contribution in [-0.2, 0) is 4.79 Å². The number of likely N-dealkylation sites (tertiary alicyclic amines) is 1. The third-order valence-corrected chi connectivity index (χ3v) is 4.71. The van der Waals surface area contributed by atoms with E-state index in [2.05, 4.69) is 25.4 Å². The topological polar surface area (TPSA) is 124 Å². The molecular formula is C18H19N7O2. The number of aryl methyl sites for hydroxylation is 1. The third-order valence-electron chi connectivity index (χ3n) is 4.71. The first-order valence-electron chi connectivity index (χ1n) is 8.83. The number of aromatic nitrogens is 4. The molecule has 0 radical (unpaired) electrons. The van der Waals surface area contributed by atoms with Crippen LogP contribution in [0.4, 0.5) is 5.69 Å². The van der Waals surface area contributed by atoms with Crippen LogP contribution >= 0.6 is 0 Å². The van der Waals surface area contributed by atoms with Gasteiger partial charge in [-0.05, 0) is 18.9 Å². The van der Waals surface area contributed by atoms with Crippen LogP contribution in [0.25, 0.3) is 22.4 Å². The summed E-state index contributed by atoms with van der Waals surface area (Å²) in [5, 5.41) is 17.3. The zero-order valence-electron chi connectivity index (χ0n) is 14.9. The summed E-state index contributed by atoms with van der Waals surface area (Å²) in [6, 6.07) is 3.94. The lowest BCUT2D eigenvalue weighted by atomic mass is 10.0. The van der Waals surface area contributed by atoms with E-state index < -0.39 is 0 Å². The van der Waals surface area contributed by atoms with E-state index in [-0.39, 0.29) is 18.4 Å². The molecule has 1 fully saturated rings. The number of H-pyrrole nitrogens is 1. The number of rotatable bonds is 4. The molecular weight excluding hydrogens is 346 g/mol. The molecule has 3 aromatic heterocycles. The Labute approximate surface area is 155 Å². The van der Waals surface area contributed by atoms with Crippen molar-refractivity contribution >= 4 is 22.6 Å². The van der Waals surface area contributed by atoms with Crippen molar-refractivity contribution in [3.05, 3.63) is 24.4 Å². The minimum atomic E-state index is -0.125. The maximum atomic E-state index is 12.1. The Morgan fingerprint density at radius 1 is 1.56 bits per heavy atom. The Balaban J connectivity index is 1.65. The molecule has 9 heteroatoms. The summed E-state index contributed by atoms with van der Waals surface area (Å²) < 4.78 is 5.12. The maximum Gasteiger partial charge on any atom is 0.236 e. The second-order valence-corrected chi connectivity index (χ2v) is 6.58. The summed E-state index contributed by atoms with van der Waals surface area (Å²) in [4.78, 5) is 25.7. The fourth-order valence-electron chi connectivity index (χ4n) is 3.45. The number of nitriles is 1. The highest BCUT2D eigenvalue weighted by Gasteiger charge is 2.25. The second kappa shape index (κ2) is 7.07. The van der Waals surface area contributed by atoms with Gasteiger partial charge in [-0.1, -0.05) is 5.16 Å². The molecule has 1 aliphatic heterocycles. The molecule has 0 aromatic carbocycles. The number of hydrogen-bond donors (Lipinski definition) is 2. The van der Waals surface area contributed by atoms with Gasteiger partial charge in [0.1, 0.15) is 12.1 Å². The summed E-state index contributed by atoms with van der Waals surface area (Å²) in [7, 11) is 0. The number of carbonyl (C=O) groups excluding carboxylic acids is 1. The molecule has 0 spiro atoms. The largest absolute Gasteiger partial charge is 0.379 e. The molecule has 1 saturated heterocycles. The molecule has 4 rings (SSSR count). The Morgan fingerprint density at radius 2 is 2.44 bits per heavy atom. The summed E-state index contributed by atoms with van der Waals surface area (Å²) >= 11 is 0. The van der Waals surface area contributed by atoms with Crippen molar-refractivity contribution in [3.63, 3.8) is 0 Å². The summed E-state index contributed by atoms with van der Waals surface area (Å²) in [6.07, 6.45) is 5.27. The maximum absolute atomic E-state index is 12.1. The van der Waals surface area contributed by atoms with E-state index >= 15 is 0 Å². The van der Waals surface area contributed by atoms with Crippen LogP contribution in [0.1, 0.15) is 25.2 Å². The molecule has 0 bridgehead atoms. The standard InChI is InChI=1S/C18H19N7O2/c1-11-22-18(24-27-11)14-9-21-17-13(5-7-20-17)16(14)23-12-3-2-8-25(10-12)15(26)4-6-19/h5,7,9,12H,2-4,8,10H2,1H3,(H2,20,21,23)/t12-/m1/s1. The van der Waals surface area contributed by atoms with Crippen molar-refractivity contribution < 1.29 is 9.32 Å². The molecule has 0 unspecified atom stereocenters. The predicted octanol–water partition coefficient (Wildman–Crippen LogP) is 2.24. The number of anilines is 1. The number of aromatic amines is 1. The SMILES string of the molecule is Cc1nc(-c2cnc3[nH]ccc3c2N[C@@H]2CCCN(C(=O)CC#N)C2)no1. The van der Waals surface area contributed by atoms with Gasteiger partial charge in [-0.3, -0.25) is 4.79 Å². The highest BCUT2D eigenvalue weighted by Crippen LogP contribution is 2.33. The van der Waals surface area contributed by atoms with Gasteiger partial charge in [-0.25, -0.2) is 4.98 Å². The van der Waals surface area contributed by atoms with Crippen LogP contribution in [0.15, 0.2) is 23.0 Å². The lowest BCUT2D eigenvalue weighted by molar-refractivity contribution is -0.131. The third kappa shape index (κ3) is 3.33. The first-order valence-corrected chi connectivity index (χ1v) is 8.83. The van der Waals surface area contributed by atoms with Crippen LogP contribution in [0.5, 0.6) is 0 Å². The lowest BCUT2D eigenvalue weighted by Gasteiger charge is -2.33. The minimum absolute atomic E-state index is 0.0636. The van der Waals surface area contributed by atoms with Crippen LogP contribution in [0.3, 0.4) is 0 Å². The number of nitrogens with zero attached hydrogens (tertiary/aromatic N) is 5. The first-order chi connectivity index (χ1) is 13.2. The van der Waals surface area contributed by atoms with Gasteiger partial charge in [0.05, 0.1) is 17.3 Å². The summed E-state index contributed by atoms with van der Waals surface area (Å²) in [5.74, 6) is 0.828. The zero-order chi connectivity index (χ0) is 18.8. The number of pyridine rings is 1. The first kappa shape index (κ1) is 17.0. The number of carbonyl (C=O) groups is 1. The predicted molar refractivity (Wildman–Crippen MR) is 97.6 cm³/mol. The Hall–Kier alpha value is -3.41. The van der Waals surface area contributed by atoms with Crippen molar-refractivity contribution in [1.82, 2.24) is 25.0 Å². The fraction of sp³-hybridized carbons (Fsp3) is 0.389. The molecule has 0 saturated carbocycles. The van der Waals surface area contributed by atoms with Gasteiger partial charge in [0.2, 0.25) is 17.6 Å². The van der Waals surface area contributed by atoms with Gasteiger partial charge >= 0.3 is 0 Å². The van der Waals surface area contributed by atoms with E-state index in [4.69, 9.17) is 9.78 Å². The van der Waals surface area contributed by atoms with E-state index in [1.165, 1.54) is 0 Å². The van der Waals surface area contributed by atoms with E-state index in [1.54, 1.807) is 18.0 Å². The number of piperidine rings is 1. The van der Waals surface area contributed by atoms with Gasteiger partial charge < -0.3 is 19.7 Å². The molecule has 27 heavy (non-hydrogen) atoms. The van der Waals surface area contributed by atoms with Crippen molar-refractivity contribution in [2.75, 3.05) is 18.4 Å². The number of hydrogen-bond acceptors (Lipinski definition) is 7. The van der Waals surface area contributed by atoms with Crippen molar-refractivity contribution in [2.45, 2.75) is 32.2 Å². The highest BCUT2D eigenvalue weighted by molar-refractivity contribution is 5.97. The monoisotopic (exact) mass is 365 g/mol. The molecule has 9 nitrogen and oxygen atoms in total. The van der Waals surface area contributed by atoms with Gasteiger partial charge in [0, 0.05) is 43.8 Å². The molecule has 1 atom stereocenters. The normalized spacial score (nSPS) is 17.0. The molecule has 1 aliphatic rings. The molecule has 3 aromatic rings. The quantitative estimate of drug-likeness (QED) is 0.726. The summed E-state index contributed by atoms with van der Waals surface area (Å²) in [5.41, 5.74) is 2.37. The van der Waals surface area contributed by atoms with Gasteiger partial charge in [-0.15, -0.1) is 0 Å². The Kier molecular flexibility index (Phi) is 4.46. The average Bonchev–Trinajstić information content (AvgIpc) is 3.31. The zero-order valence-corrected chi connectivity index (χ0v) is 14.9. The van der Waals surface area contributed by atoms with Crippen LogP contribution in [-0.4, -0.2) is 50.0 Å². The van der Waals surface area contributed by atoms with Gasteiger partial charge in [-0.2, -0.15) is 10.2 Å². The number of nitrogens with one attached hydrogen (secondary N) is 2. The molecule has 1 amide bonds.